The Morgan fingerprint density at radius 1 is 1.62 bits per heavy atom. The van der Waals surface area contributed by atoms with E-state index in [1.807, 2.05) is 13.8 Å². The van der Waals surface area contributed by atoms with Crippen molar-refractivity contribution >= 4 is 22.4 Å². The Morgan fingerprint density at radius 3 is 2.81 bits per heavy atom. The maximum Gasteiger partial charge on any atom is 0.243 e. The number of nitrogens with zero attached hydrogens (tertiary/aromatic N) is 1. The van der Waals surface area contributed by atoms with Gasteiger partial charge in [0.1, 0.15) is 0 Å². The van der Waals surface area contributed by atoms with Gasteiger partial charge in [0.25, 0.3) is 0 Å². The van der Waals surface area contributed by atoms with Crippen LogP contribution in [0.5, 0.6) is 0 Å². The average Bonchev–Trinajstić information content (AvgIpc) is 2.64. The Kier molecular flexibility index (Phi) is 4.89. The van der Waals surface area contributed by atoms with Gasteiger partial charge in [-0.15, -0.1) is 11.3 Å². The molecule has 0 saturated carbocycles. The number of hydrogen-bond acceptors (Lipinski definition) is 4. The van der Waals surface area contributed by atoms with Gasteiger partial charge in [0, 0.05) is 11.1 Å². The van der Waals surface area contributed by atoms with Gasteiger partial charge >= 0.3 is 0 Å². The fraction of sp³-hybridized carbons (Fsp3) is 0.636. The molecule has 1 rings (SSSR count). The highest BCUT2D eigenvalue weighted by atomic mass is 32.1. The van der Waals surface area contributed by atoms with Gasteiger partial charge in [-0.2, -0.15) is 0 Å². The zero-order valence-corrected chi connectivity index (χ0v) is 10.8. The van der Waals surface area contributed by atoms with Gasteiger partial charge in [-0.05, 0) is 18.8 Å². The summed E-state index contributed by atoms with van der Waals surface area (Å²) in [5.74, 6) is 0.272. The summed E-state index contributed by atoms with van der Waals surface area (Å²) < 4.78 is 0. The largest absolute Gasteiger partial charge is 0.320 e. The Balaban J connectivity index is 2.50. The molecule has 3 N–H and O–H groups in total. The number of carbonyl (C=O) groups is 1. The van der Waals surface area contributed by atoms with Gasteiger partial charge in [0.05, 0.1) is 6.04 Å². The molecular formula is C11H19N3OS. The van der Waals surface area contributed by atoms with Crippen molar-refractivity contribution in [2.45, 2.75) is 39.7 Å². The van der Waals surface area contributed by atoms with Crippen molar-refractivity contribution in [2.75, 3.05) is 5.32 Å². The minimum atomic E-state index is -0.450. The second-order valence-corrected chi connectivity index (χ2v) is 5.33. The third kappa shape index (κ3) is 3.90. The lowest BCUT2D eigenvalue weighted by Crippen LogP contribution is -2.36. The first-order valence-electron chi connectivity index (χ1n) is 5.54. The molecule has 0 radical (unpaired) electrons. The third-order valence-corrected chi connectivity index (χ3v) is 3.25. The first-order chi connectivity index (χ1) is 7.52. The summed E-state index contributed by atoms with van der Waals surface area (Å²) in [6, 6.07) is -0.450. The topological polar surface area (TPSA) is 68.0 Å². The molecule has 90 valence electrons. The van der Waals surface area contributed by atoms with Crippen molar-refractivity contribution in [2.24, 2.45) is 11.7 Å². The Hall–Kier alpha value is -0.940. The molecule has 16 heavy (non-hydrogen) atoms. The van der Waals surface area contributed by atoms with Crippen LogP contribution in [0.4, 0.5) is 5.13 Å². The van der Waals surface area contributed by atoms with Crippen LogP contribution in [-0.2, 0) is 11.2 Å². The normalized spacial score (nSPS) is 12.8. The van der Waals surface area contributed by atoms with Crippen LogP contribution in [0.2, 0.25) is 0 Å². The molecule has 5 heteroatoms. The SMILES string of the molecule is CCc1cnc(NC(=O)[C@@H](N)CC(C)C)s1. The van der Waals surface area contributed by atoms with E-state index in [1.165, 1.54) is 11.3 Å². The fourth-order valence-corrected chi connectivity index (χ4v) is 2.10. The molecule has 0 aliphatic carbocycles. The quantitative estimate of drug-likeness (QED) is 0.828. The van der Waals surface area contributed by atoms with Crippen LogP contribution in [0.1, 0.15) is 32.1 Å². The van der Waals surface area contributed by atoms with Crippen molar-refractivity contribution in [1.29, 1.82) is 0 Å². The van der Waals surface area contributed by atoms with E-state index in [1.54, 1.807) is 6.20 Å². The highest BCUT2D eigenvalue weighted by Crippen LogP contribution is 2.18. The van der Waals surface area contributed by atoms with Crippen LogP contribution in [0.15, 0.2) is 6.20 Å². The lowest BCUT2D eigenvalue weighted by molar-refractivity contribution is -0.117. The van der Waals surface area contributed by atoms with Gasteiger partial charge in [-0.1, -0.05) is 20.8 Å². The standard InChI is InChI=1S/C11H19N3OS/c1-4-8-6-13-11(16-8)14-10(15)9(12)5-7(2)3/h6-7,9H,4-5,12H2,1-3H3,(H,13,14,15)/t9-/m0/s1. The Labute approximate surface area is 100 Å². The summed E-state index contributed by atoms with van der Waals surface area (Å²) >= 11 is 1.50. The molecule has 0 saturated heterocycles. The lowest BCUT2D eigenvalue weighted by atomic mass is 10.0. The maximum atomic E-state index is 11.7. The van der Waals surface area contributed by atoms with E-state index in [0.717, 1.165) is 11.3 Å². The van der Waals surface area contributed by atoms with Crippen molar-refractivity contribution in [1.82, 2.24) is 4.98 Å². The van der Waals surface area contributed by atoms with Crippen LogP contribution in [0.25, 0.3) is 0 Å². The summed E-state index contributed by atoms with van der Waals surface area (Å²) in [4.78, 5) is 17.0. The van der Waals surface area contributed by atoms with E-state index in [4.69, 9.17) is 5.73 Å². The summed E-state index contributed by atoms with van der Waals surface area (Å²) in [6.45, 7) is 6.15. The fourth-order valence-electron chi connectivity index (χ4n) is 1.34. The molecule has 4 nitrogen and oxygen atoms in total. The second kappa shape index (κ2) is 5.96. The zero-order valence-electron chi connectivity index (χ0n) is 9.99. The molecule has 0 aliphatic rings. The molecule has 1 amide bonds. The van der Waals surface area contributed by atoms with Gasteiger partial charge in [-0.3, -0.25) is 4.79 Å². The lowest BCUT2D eigenvalue weighted by Gasteiger charge is -2.12. The minimum absolute atomic E-state index is 0.147. The van der Waals surface area contributed by atoms with E-state index in [2.05, 4.69) is 17.2 Å². The number of hydrogen-bond donors (Lipinski definition) is 2. The van der Waals surface area contributed by atoms with Gasteiger partial charge in [0.2, 0.25) is 5.91 Å². The van der Waals surface area contributed by atoms with Crippen LogP contribution in [0.3, 0.4) is 0 Å². The maximum absolute atomic E-state index is 11.7. The molecule has 1 atom stereocenters. The van der Waals surface area contributed by atoms with E-state index in [0.29, 0.717) is 17.5 Å². The van der Waals surface area contributed by atoms with E-state index in [9.17, 15) is 4.79 Å². The molecule has 1 heterocycles. The number of amides is 1. The predicted octanol–water partition coefficient (Wildman–Crippen LogP) is 2.02. The Bertz CT molecular complexity index is 349. The second-order valence-electron chi connectivity index (χ2n) is 4.21. The zero-order chi connectivity index (χ0) is 12.1. The van der Waals surface area contributed by atoms with Gasteiger partial charge in [0.15, 0.2) is 5.13 Å². The number of rotatable bonds is 5. The average molecular weight is 241 g/mol. The molecule has 0 aliphatic heterocycles. The van der Waals surface area contributed by atoms with Gasteiger partial charge in [-0.25, -0.2) is 4.98 Å². The van der Waals surface area contributed by atoms with Crippen LogP contribution in [0, 0.1) is 5.92 Å². The summed E-state index contributed by atoms with van der Waals surface area (Å²) in [5, 5.41) is 3.39. The first-order valence-corrected chi connectivity index (χ1v) is 6.35. The predicted molar refractivity (Wildman–Crippen MR) is 67.6 cm³/mol. The molecule has 0 aromatic carbocycles. The molecule has 0 fully saturated rings. The van der Waals surface area contributed by atoms with E-state index >= 15 is 0 Å². The van der Waals surface area contributed by atoms with Crippen molar-refractivity contribution in [3.8, 4) is 0 Å². The first kappa shape index (κ1) is 13.1. The van der Waals surface area contributed by atoms with E-state index in [-0.39, 0.29) is 5.91 Å². The van der Waals surface area contributed by atoms with Crippen LogP contribution in [-0.4, -0.2) is 16.9 Å². The smallest absolute Gasteiger partial charge is 0.243 e. The van der Waals surface area contributed by atoms with Gasteiger partial charge < -0.3 is 11.1 Å². The van der Waals surface area contributed by atoms with Crippen molar-refractivity contribution in [3.63, 3.8) is 0 Å². The molecule has 1 aromatic rings. The van der Waals surface area contributed by atoms with Crippen LogP contribution < -0.4 is 11.1 Å². The van der Waals surface area contributed by atoms with Crippen LogP contribution >= 0.6 is 11.3 Å². The van der Waals surface area contributed by atoms with E-state index < -0.39 is 6.04 Å². The highest BCUT2D eigenvalue weighted by Gasteiger charge is 2.16. The third-order valence-electron chi connectivity index (χ3n) is 2.19. The minimum Gasteiger partial charge on any atom is -0.320 e. The molecular weight excluding hydrogens is 222 g/mol. The summed E-state index contributed by atoms with van der Waals surface area (Å²) in [5.41, 5.74) is 5.77. The molecule has 1 aromatic heterocycles. The summed E-state index contributed by atoms with van der Waals surface area (Å²) in [6.07, 6.45) is 3.41. The molecule has 0 bridgehead atoms. The number of thiazole rings is 1. The highest BCUT2D eigenvalue weighted by molar-refractivity contribution is 7.15. The number of anilines is 1. The number of aryl methyl sites for hydroxylation is 1. The number of carbonyl (C=O) groups excluding carboxylic acids is 1. The summed E-state index contributed by atoms with van der Waals surface area (Å²) in [7, 11) is 0. The van der Waals surface area contributed by atoms with Crippen molar-refractivity contribution < 1.29 is 4.79 Å². The Morgan fingerprint density at radius 2 is 2.31 bits per heavy atom. The molecule has 0 spiro atoms. The molecule has 0 unspecified atom stereocenters. The van der Waals surface area contributed by atoms with Crippen molar-refractivity contribution in [3.05, 3.63) is 11.1 Å². The monoisotopic (exact) mass is 241 g/mol. The number of nitrogens with two attached hydrogens (primary N) is 1. The number of nitrogens with one attached hydrogen (secondary N) is 1. The number of aromatic nitrogens is 1.